The van der Waals surface area contributed by atoms with Crippen molar-refractivity contribution in [2.24, 2.45) is 0 Å². The Morgan fingerprint density at radius 3 is 2.94 bits per heavy atom. The third-order valence-electron chi connectivity index (χ3n) is 2.26. The number of hydrogen-bond donors (Lipinski definition) is 1. The van der Waals surface area contributed by atoms with Crippen LogP contribution in [0.25, 0.3) is 0 Å². The highest BCUT2D eigenvalue weighted by Crippen LogP contribution is 2.19. The second-order valence-electron chi connectivity index (χ2n) is 3.75. The predicted molar refractivity (Wildman–Crippen MR) is 70.1 cm³/mol. The van der Waals surface area contributed by atoms with E-state index in [4.69, 9.17) is 9.78 Å². The Labute approximate surface area is 113 Å². The molecule has 0 bridgehead atoms. The van der Waals surface area contributed by atoms with Crippen molar-refractivity contribution in [2.75, 3.05) is 11.9 Å². The summed E-state index contributed by atoms with van der Waals surface area (Å²) in [5.74, 6) is 1.25. The summed E-state index contributed by atoms with van der Waals surface area (Å²) >= 11 is 3.36. The Kier molecular flexibility index (Phi) is 3.95. The van der Waals surface area contributed by atoms with E-state index in [0.29, 0.717) is 30.2 Å². The molecule has 18 heavy (non-hydrogen) atoms. The predicted octanol–water partition coefficient (Wildman–Crippen LogP) is 2.67. The van der Waals surface area contributed by atoms with E-state index in [0.717, 1.165) is 10.2 Å². The van der Waals surface area contributed by atoms with Gasteiger partial charge in [0.05, 0.1) is 11.6 Å². The van der Waals surface area contributed by atoms with Gasteiger partial charge in [-0.3, -0.25) is 0 Å². The van der Waals surface area contributed by atoms with Gasteiger partial charge in [-0.15, -0.1) is 0 Å². The lowest BCUT2D eigenvalue weighted by molar-refractivity contribution is 0.377. The van der Waals surface area contributed by atoms with Gasteiger partial charge in [0, 0.05) is 23.1 Å². The number of anilines is 1. The fraction of sp³-hybridized carbons (Fsp3) is 0.250. The Hall–Kier alpha value is -1.87. The molecule has 2 aromatic rings. The lowest BCUT2D eigenvalue weighted by Crippen LogP contribution is -2.05. The molecule has 0 spiro atoms. The normalized spacial score (nSPS) is 10.1. The maximum absolute atomic E-state index is 8.86. The van der Waals surface area contributed by atoms with E-state index in [1.54, 1.807) is 19.1 Å². The van der Waals surface area contributed by atoms with Gasteiger partial charge in [0.25, 0.3) is 0 Å². The maximum Gasteiger partial charge on any atom is 0.228 e. The minimum atomic E-state index is 0.607. The van der Waals surface area contributed by atoms with E-state index in [1.165, 1.54) is 0 Å². The van der Waals surface area contributed by atoms with Crippen LogP contribution < -0.4 is 5.32 Å². The van der Waals surface area contributed by atoms with Crippen molar-refractivity contribution in [3.8, 4) is 6.07 Å². The van der Waals surface area contributed by atoms with Crippen LogP contribution in [0.3, 0.4) is 0 Å². The Balaban J connectivity index is 1.94. The van der Waals surface area contributed by atoms with Crippen LogP contribution in [0.15, 0.2) is 27.2 Å². The number of nitriles is 1. The molecule has 0 aliphatic rings. The van der Waals surface area contributed by atoms with Crippen molar-refractivity contribution < 1.29 is 4.52 Å². The van der Waals surface area contributed by atoms with Crippen molar-refractivity contribution in [1.29, 1.82) is 5.26 Å². The van der Waals surface area contributed by atoms with E-state index < -0.39 is 0 Å². The fourth-order valence-electron chi connectivity index (χ4n) is 1.51. The zero-order chi connectivity index (χ0) is 13.0. The van der Waals surface area contributed by atoms with Crippen LogP contribution in [-0.2, 0) is 6.42 Å². The van der Waals surface area contributed by atoms with Crippen molar-refractivity contribution in [1.82, 2.24) is 10.1 Å². The fourth-order valence-corrected chi connectivity index (χ4v) is 2.00. The first kappa shape index (κ1) is 12.6. The first-order chi connectivity index (χ1) is 8.67. The summed E-state index contributed by atoms with van der Waals surface area (Å²) in [5, 5.41) is 15.8. The third kappa shape index (κ3) is 3.31. The molecule has 92 valence electrons. The third-order valence-corrected chi connectivity index (χ3v) is 2.72. The van der Waals surface area contributed by atoms with Gasteiger partial charge >= 0.3 is 0 Å². The molecule has 1 aromatic carbocycles. The van der Waals surface area contributed by atoms with Crippen LogP contribution in [0.4, 0.5) is 5.69 Å². The molecule has 0 saturated heterocycles. The maximum atomic E-state index is 8.86. The van der Waals surface area contributed by atoms with Gasteiger partial charge in [0.2, 0.25) is 5.89 Å². The molecule has 5 nitrogen and oxygen atoms in total. The highest BCUT2D eigenvalue weighted by Gasteiger charge is 2.03. The summed E-state index contributed by atoms with van der Waals surface area (Å²) in [6.45, 7) is 2.46. The number of nitrogens with one attached hydrogen (secondary N) is 1. The van der Waals surface area contributed by atoms with Crippen LogP contribution in [-0.4, -0.2) is 16.7 Å². The zero-order valence-corrected chi connectivity index (χ0v) is 11.4. The zero-order valence-electron chi connectivity index (χ0n) is 9.77. The smallest absolute Gasteiger partial charge is 0.228 e. The summed E-state index contributed by atoms with van der Waals surface area (Å²) in [7, 11) is 0. The average molecular weight is 307 g/mol. The molecule has 0 amide bonds. The van der Waals surface area contributed by atoms with Crippen LogP contribution in [0.1, 0.15) is 17.3 Å². The van der Waals surface area contributed by atoms with Crippen molar-refractivity contribution in [3.05, 3.63) is 40.0 Å². The topological polar surface area (TPSA) is 74.7 Å². The quantitative estimate of drug-likeness (QED) is 0.940. The monoisotopic (exact) mass is 306 g/mol. The highest BCUT2D eigenvalue weighted by atomic mass is 79.9. The van der Waals surface area contributed by atoms with Gasteiger partial charge in [-0.2, -0.15) is 10.2 Å². The SMILES string of the molecule is Cc1noc(CCNc2cc(Br)cc(C#N)c2)n1. The van der Waals surface area contributed by atoms with E-state index in [2.05, 4.69) is 37.5 Å². The number of halogens is 1. The number of aryl methyl sites for hydroxylation is 1. The molecule has 0 aliphatic carbocycles. The van der Waals surface area contributed by atoms with Gasteiger partial charge in [0.1, 0.15) is 0 Å². The van der Waals surface area contributed by atoms with Gasteiger partial charge in [-0.1, -0.05) is 21.1 Å². The molecule has 1 aromatic heterocycles. The number of hydrogen-bond acceptors (Lipinski definition) is 5. The van der Waals surface area contributed by atoms with E-state index in [9.17, 15) is 0 Å². The first-order valence-electron chi connectivity index (χ1n) is 5.41. The second-order valence-corrected chi connectivity index (χ2v) is 4.67. The lowest BCUT2D eigenvalue weighted by Gasteiger charge is -2.05. The number of nitrogens with zero attached hydrogens (tertiary/aromatic N) is 3. The standard InChI is InChI=1S/C12H11BrN4O/c1-8-16-12(18-17-8)2-3-15-11-5-9(7-14)4-10(13)6-11/h4-6,15H,2-3H2,1H3. The van der Waals surface area contributed by atoms with Crippen LogP contribution in [0.2, 0.25) is 0 Å². The molecule has 1 N–H and O–H groups in total. The highest BCUT2D eigenvalue weighted by molar-refractivity contribution is 9.10. The summed E-state index contributed by atoms with van der Waals surface area (Å²) in [6, 6.07) is 7.59. The van der Waals surface area contributed by atoms with Crippen LogP contribution in [0.5, 0.6) is 0 Å². The molecule has 6 heteroatoms. The lowest BCUT2D eigenvalue weighted by atomic mass is 10.2. The molecule has 1 heterocycles. The molecule has 0 saturated carbocycles. The van der Waals surface area contributed by atoms with Gasteiger partial charge < -0.3 is 9.84 Å². The van der Waals surface area contributed by atoms with Crippen molar-refractivity contribution >= 4 is 21.6 Å². The second kappa shape index (κ2) is 5.65. The van der Waals surface area contributed by atoms with E-state index in [1.807, 2.05) is 6.07 Å². The molecular weight excluding hydrogens is 296 g/mol. The summed E-state index contributed by atoms with van der Waals surface area (Å²) in [6.07, 6.45) is 0.648. The largest absolute Gasteiger partial charge is 0.384 e. The summed E-state index contributed by atoms with van der Waals surface area (Å²) in [4.78, 5) is 4.11. The minimum absolute atomic E-state index is 0.607. The number of benzene rings is 1. The molecule has 0 atom stereocenters. The first-order valence-corrected chi connectivity index (χ1v) is 6.20. The Morgan fingerprint density at radius 1 is 1.44 bits per heavy atom. The minimum Gasteiger partial charge on any atom is -0.384 e. The van der Waals surface area contributed by atoms with Gasteiger partial charge in [-0.05, 0) is 25.1 Å². The average Bonchev–Trinajstić information content (AvgIpc) is 2.74. The van der Waals surface area contributed by atoms with Crippen molar-refractivity contribution in [3.63, 3.8) is 0 Å². The van der Waals surface area contributed by atoms with Gasteiger partial charge in [-0.25, -0.2) is 0 Å². The van der Waals surface area contributed by atoms with Crippen LogP contribution in [0, 0.1) is 18.3 Å². The van der Waals surface area contributed by atoms with Crippen molar-refractivity contribution in [2.45, 2.75) is 13.3 Å². The number of aromatic nitrogens is 2. The molecule has 0 aliphatic heterocycles. The van der Waals surface area contributed by atoms with E-state index in [-0.39, 0.29) is 0 Å². The molecule has 0 fully saturated rings. The Bertz CT molecular complexity index is 588. The molecule has 2 rings (SSSR count). The molecule has 0 radical (unpaired) electrons. The van der Waals surface area contributed by atoms with Crippen LogP contribution >= 0.6 is 15.9 Å². The summed E-state index contributed by atoms with van der Waals surface area (Å²) < 4.78 is 5.88. The van der Waals surface area contributed by atoms with E-state index >= 15 is 0 Å². The molecular formula is C12H11BrN4O. The Morgan fingerprint density at radius 2 is 2.28 bits per heavy atom. The molecule has 0 unspecified atom stereocenters. The van der Waals surface area contributed by atoms with Gasteiger partial charge in [0.15, 0.2) is 5.82 Å². The summed E-state index contributed by atoms with van der Waals surface area (Å²) in [5.41, 5.74) is 1.50. The number of rotatable bonds is 4.